The summed E-state index contributed by atoms with van der Waals surface area (Å²) in [5, 5.41) is 9.36. The third kappa shape index (κ3) is 2.64. The molecule has 3 nitrogen and oxygen atoms in total. The van der Waals surface area contributed by atoms with Crippen molar-refractivity contribution in [3.63, 3.8) is 0 Å². The van der Waals surface area contributed by atoms with E-state index in [4.69, 9.17) is 0 Å². The Morgan fingerprint density at radius 2 is 1.94 bits per heavy atom. The maximum absolute atomic E-state index is 4.35. The Labute approximate surface area is 116 Å². The van der Waals surface area contributed by atoms with Gasteiger partial charge in [-0.2, -0.15) is 0 Å². The third-order valence-corrected chi connectivity index (χ3v) is 3.38. The summed E-state index contributed by atoms with van der Waals surface area (Å²) in [5.74, 6) is 2.53. The maximum Gasteiger partial charge on any atom is 0.164 e. The van der Waals surface area contributed by atoms with Gasteiger partial charge in [0.05, 0.1) is 5.33 Å². The molecule has 4 heteroatoms. The van der Waals surface area contributed by atoms with Crippen LogP contribution in [0.25, 0.3) is 11.4 Å². The lowest BCUT2D eigenvalue weighted by Gasteiger charge is -2.13. The van der Waals surface area contributed by atoms with Crippen LogP contribution in [0.15, 0.2) is 24.3 Å². The second kappa shape index (κ2) is 5.65. The van der Waals surface area contributed by atoms with Crippen LogP contribution in [0.4, 0.5) is 0 Å². The van der Waals surface area contributed by atoms with Crippen molar-refractivity contribution in [2.45, 2.75) is 32.6 Å². The van der Waals surface area contributed by atoms with Gasteiger partial charge in [-0.1, -0.05) is 54.0 Å². The van der Waals surface area contributed by atoms with Gasteiger partial charge in [0.1, 0.15) is 5.82 Å². The van der Waals surface area contributed by atoms with Crippen molar-refractivity contribution in [3.8, 4) is 11.4 Å². The van der Waals surface area contributed by atoms with Gasteiger partial charge in [0.25, 0.3) is 0 Å². The molecule has 0 aliphatic heterocycles. The first-order valence-electron chi connectivity index (χ1n) is 6.17. The Hall–Kier alpha value is -1.16. The normalized spacial score (nSPS) is 11.2. The van der Waals surface area contributed by atoms with Gasteiger partial charge in [-0.05, 0) is 18.4 Å². The molecule has 2 rings (SSSR count). The van der Waals surface area contributed by atoms with E-state index in [-0.39, 0.29) is 0 Å². The summed E-state index contributed by atoms with van der Waals surface area (Å²) in [5.41, 5.74) is 2.40. The van der Waals surface area contributed by atoms with E-state index in [1.807, 2.05) is 12.1 Å². The molecule has 0 fully saturated rings. The van der Waals surface area contributed by atoms with Crippen molar-refractivity contribution in [2.24, 2.45) is 5.92 Å². The Morgan fingerprint density at radius 3 is 2.56 bits per heavy atom. The number of nitrogens with zero attached hydrogens (tertiary/aromatic N) is 3. The molecule has 0 atom stereocenters. The maximum atomic E-state index is 4.35. The molecule has 0 amide bonds. The predicted octanol–water partition coefficient (Wildman–Crippen LogP) is 3.80. The van der Waals surface area contributed by atoms with Crippen molar-refractivity contribution >= 4 is 15.9 Å². The molecule has 0 aliphatic carbocycles. The molecule has 0 bridgehead atoms. The molecular formula is C14H18BrN3. The molecule has 0 aliphatic rings. The quantitative estimate of drug-likeness (QED) is 0.804. The van der Waals surface area contributed by atoms with E-state index < -0.39 is 0 Å². The van der Waals surface area contributed by atoms with E-state index in [1.54, 1.807) is 0 Å². The molecule has 96 valence electrons. The SMILES string of the molecule is Cc1ccccc1-c1nnc(CBr)n1CC(C)C. The summed E-state index contributed by atoms with van der Waals surface area (Å²) in [6, 6.07) is 8.31. The number of rotatable bonds is 4. The molecule has 0 saturated heterocycles. The second-order valence-corrected chi connectivity index (χ2v) is 5.45. The summed E-state index contributed by atoms with van der Waals surface area (Å²) < 4.78 is 2.21. The molecular weight excluding hydrogens is 290 g/mol. The van der Waals surface area contributed by atoms with Crippen molar-refractivity contribution < 1.29 is 0 Å². The Kier molecular flexibility index (Phi) is 4.17. The first kappa shape index (κ1) is 13.3. The van der Waals surface area contributed by atoms with Crippen LogP contribution in [-0.2, 0) is 11.9 Å². The lowest BCUT2D eigenvalue weighted by molar-refractivity contribution is 0.516. The molecule has 0 saturated carbocycles. The van der Waals surface area contributed by atoms with Crippen LogP contribution in [0.2, 0.25) is 0 Å². The van der Waals surface area contributed by atoms with Crippen LogP contribution in [0, 0.1) is 12.8 Å². The molecule has 0 radical (unpaired) electrons. The Bertz CT molecular complexity index is 532. The number of hydrogen-bond donors (Lipinski definition) is 0. The van der Waals surface area contributed by atoms with Crippen LogP contribution in [-0.4, -0.2) is 14.8 Å². The molecule has 1 aromatic carbocycles. The molecule has 1 heterocycles. The van der Waals surface area contributed by atoms with Crippen molar-refractivity contribution in [3.05, 3.63) is 35.7 Å². The van der Waals surface area contributed by atoms with Crippen LogP contribution in [0.1, 0.15) is 25.2 Å². The topological polar surface area (TPSA) is 30.7 Å². The predicted molar refractivity (Wildman–Crippen MR) is 77.7 cm³/mol. The van der Waals surface area contributed by atoms with Crippen molar-refractivity contribution in [1.29, 1.82) is 0 Å². The van der Waals surface area contributed by atoms with Gasteiger partial charge in [0.15, 0.2) is 5.82 Å². The monoisotopic (exact) mass is 307 g/mol. The minimum Gasteiger partial charge on any atom is -0.310 e. The highest BCUT2D eigenvalue weighted by atomic mass is 79.9. The van der Waals surface area contributed by atoms with Gasteiger partial charge in [-0.15, -0.1) is 10.2 Å². The fourth-order valence-corrected chi connectivity index (χ4v) is 2.43. The summed E-state index contributed by atoms with van der Waals surface area (Å²) in [6.45, 7) is 7.47. The van der Waals surface area contributed by atoms with E-state index in [9.17, 15) is 0 Å². The lowest BCUT2D eigenvalue weighted by Crippen LogP contribution is -2.09. The van der Waals surface area contributed by atoms with Gasteiger partial charge in [0.2, 0.25) is 0 Å². The molecule has 1 aromatic heterocycles. The number of benzene rings is 1. The smallest absolute Gasteiger partial charge is 0.164 e. The largest absolute Gasteiger partial charge is 0.310 e. The summed E-state index contributed by atoms with van der Waals surface area (Å²) >= 11 is 3.48. The standard InChI is InChI=1S/C14H18BrN3/c1-10(2)9-18-13(8-15)16-17-14(18)12-7-5-4-6-11(12)3/h4-7,10H,8-9H2,1-3H3. The van der Waals surface area contributed by atoms with Crippen LogP contribution < -0.4 is 0 Å². The number of aromatic nitrogens is 3. The van der Waals surface area contributed by atoms with Gasteiger partial charge < -0.3 is 4.57 Å². The summed E-state index contributed by atoms with van der Waals surface area (Å²) in [4.78, 5) is 0. The number of alkyl halides is 1. The van der Waals surface area contributed by atoms with E-state index in [0.717, 1.165) is 29.1 Å². The summed E-state index contributed by atoms with van der Waals surface area (Å²) in [6.07, 6.45) is 0. The van der Waals surface area contributed by atoms with E-state index >= 15 is 0 Å². The average molecular weight is 308 g/mol. The number of aryl methyl sites for hydroxylation is 1. The highest BCUT2D eigenvalue weighted by Gasteiger charge is 2.15. The van der Waals surface area contributed by atoms with E-state index in [0.29, 0.717) is 5.92 Å². The molecule has 18 heavy (non-hydrogen) atoms. The van der Waals surface area contributed by atoms with Crippen LogP contribution in [0.3, 0.4) is 0 Å². The summed E-state index contributed by atoms with van der Waals surface area (Å²) in [7, 11) is 0. The first-order valence-corrected chi connectivity index (χ1v) is 7.29. The zero-order valence-corrected chi connectivity index (χ0v) is 12.6. The average Bonchev–Trinajstić information content (AvgIpc) is 2.72. The van der Waals surface area contributed by atoms with Crippen molar-refractivity contribution in [2.75, 3.05) is 0 Å². The lowest BCUT2D eigenvalue weighted by atomic mass is 10.1. The van der Waals surface area contributed by atoms with Gasteiger partial charge in [0, 0.05) is 12.1 Å². The number of hydrogen-bond acceptors (Lipinski definition) is 2. The zero-order valence-electron chi connectivity index (χ0n) is 11.0. The van der Waals surface area contributed by atoms with Crippen LogP contribution in [0.5, 0.6) is 0 Å². The van der Waals surface area contributed by atoms with Gasteiger partial charge in [-0.25, -0.2) is 0 Å². The minimum absolute atomic E-state index is 0.571. The Morgan fingerprint density at radius 1 is 1.22 bits per heavy atom. The van der Waals surface area contributed by atoms with Crippen LogP contribution >= 0.6 is 15.9 Å². The van der Waals surface area contributed by atoms with E-state index in [2.05, 4.69) is 63.6 Å². The Balaban J connectivity index is 2.51. The van der Waals surface area contributed by atoms with E-state index in [1.165, 1.54) is 5.56 Å². The fraction of sp³-hybridized carbons (Fsp3) is 0.429. The molecule has 2 aromatic rings. The highest BCUT2D eigenvalue weighted by molar-refractivity contribution is 9.08. The van der Waals surface area contributed by atoms with Gasteiger partial charge in [-0.3, -0.25) is 0 Å². The van der Waals surface area contributed by atoms with Crippen molar-refractivity contribution in [1.82, 2.24) is 14.8 Å². The molecule has 0 spiro atoms. The fourth-order valence-electron chi connectivity index (χ4n) is 2.01. The highest BCUT2D eigenvalue weighted by Crippen LogP contribution is 2.23. The van der Waals surface area contributed by atoms with Gasteiger partial charge >= 0.3 is 0 Å². The second-order valence-electron chi connectivity index (χ2n) is 4.89. The third-order valence-electron chi connectivity index (χ3n) is 2.88. The number of halogens is 1. The first-order chi connectivity index (χ1) is 8.63. The molecule has 0 unspecified atom stereocenters. The minimum atomic E-state index is 0.571. The zero-order chi connectivity index (χ0) is 13.1. The molecule has 0 N–H and O–H groups in total.